The van der Waals surface area contributed by atoms with Gasteiger partial charge in [0.15, 0.2) is 17.5 Å². The van der Waals surface area contributed by atoms with Crippen molar-refractivity contribution in [2.75, 3.05) is 16.4 Å². The Morgan fingerprint density at radius 1 is 0.489 bits per heavy atom. The second kappa shape index (κ2) is 21.6. The van der Waals surface area contributed by atoms with Crippen LogP contribution in [0.1, 0.15) is 26.2 Å². The molecule has 1 aliphatic carbocycles. The number of rotatable bonds is 14. The summed E-state index contributed by atoms with van der Waals surface area (Å²) in [4.78, 5) is 79.9. The van der Waals surface area contributed by atoms with Crippen LogP contribution < -0.4 is 16.4 Å². The van der Waals surface area contributed by atoms with E-state index in [0.717, 1.165) is 139 Å². The maximum atomic E-state index is 12.9. The summed E-state index contributed by atoms with van der Waals surface area (Å²) in [6.07, 6.45) is 23.1. The molecule has 452 valence electrons. The Kier molecular flexibility index (Phi) is 12.5. The quantitative estimate of drug-likeness (QED) is 0.0489. The summed E-state index contributed by atoms with van der Waals surface area (Å²) >= 11 is 3.15. The molecule has 1 fully saturated rings. The highest BCUT2D eigenvalue weighted by atomic mass is 32.1. The third-order valence-corrected chi connectivity index (χ3v) is 18.8. The Morgan fingerprint density at radius 2 is 1.07 bits per heavy atom. The second-order valence-electron chi connectivity index (χ2n) is 23.2. The summed E-state index contributed by atoms with van der Waals surface area (Å²) in [7, 11) is 0. The standard InChI is InChI=1S/C69H47N21O2S2/c1-2-58(91)77-41-10-37(19-73-22-41)34-13-43(50-30-93-31-51(50)49-25-76-28-56-62(49)84-67(82-56)63-44-12-33(5-6-52(44)85-88-63)36-9-40(70)21-72-18-36)59-46(15-34)65(90-86-59)68-81-55-27-75-24-48(61(55)83-68)39-17-57(94-29-39)45-14-35(38-11-42(23-74-20-38)78-69(92)32-3-4-32)16-47-60(45)87-89-64(47)66-79-53-7-8-71-26-54(53)80-66/h5-32H,2-4,70H2,1H3,(H,77,91)(H,78,92)(H,79,80)(H,81,83)(H,82,84)(H,85,88)(H,86,90)(H,87,89). The molecule has 0 saturated heterocycles. The number of nitrogens with two attached hydrogens (primary N) is 1. The molecule has 0 bridgehead atoms. The zero-order chi connectivity index (χ0) is 62.7. The van der Waals surface area contributed by atoms with Crippen molar-refractivity contribution in [1.82, 2.24) is 90.4 Å². The van der Waals surface area contributed by atoms with E-state index in [1.807, 2.05) is 55.7 Å². The summed E-state index contributed by atoms with van der Waals surface area (Å²) in [5.41, 5.74) is 27.8. The van der Waals surface area contributed by atoms with Crippen molar-refractivity contribution in [2.24, 2.45) is 5.92 Å². The lowest BCUT2D eigenvalue weighted by molar-refractivity contribution is -0.117. The third-order valence-electron chi connectivity index (χ3n) is 17.1. The molecule has 0 atom stereocenters. The number of nitrogen functional groups attached to an aromatic ring is 1. The number of anilines is 3. The minimum atomic E-state index is -0.125. The fraction of sp³-hybridized carbons (Fsp3) is 0.0725. The number of benzene rings is 3. The van der Waals surface area contributed by atoms with Crippen LogP contribution in [-0.2, 0) is 9.59 Å². The number of imidazole rings is 3. The van der Waals surface area contributed by atoms with Gasteiger partial charge in [0.25, 0.3) is 0 Å². The summed E-state index contributed by atoms with van der Waals surface area (Å²) in [5.74, 6) is 1.61. The van der Waals surface area contributed by atoms with Crippen LogP contribution in [0.5, 0.6) is 0 Å². The molecule has 14 heterocycles. The summed E-state index contributed by atoms with van der Waals surface area (Å²) in [6, 6.07) is 24.3. The van der Waals surface area contributed by atoms with Crippen molar-refractivity contribution < 1.29 is 9.59 Å². The van der Waals surface area contributed by atoms with Gasteiger partial charge in [-0.25, -0.2) is 15.0 Å². The number of amides is 2. The number of H-pyrrole nitrogens is 6. The number of carbonyl (C=O) groups excluding carboxylic acids is 2. The van der Waals surface area contributed by atoms with Crippen LogP contribution in [-0.4, -0.2) is 102 Å². The lowest BCUT2D eigenvalue weighted by Gasteiger charge is -2.11. The molecule has 18 rings (SSSR count). The smallest absolute Gasteiger partial charge is 0.227 e. The van der Waals surface area contributed by atoms with E-state index in [1.54, 1.807) is 84.6 Å². The minimum Gasteiger partial charge on any atom is -0.397 e. The number of nitrogens with zero attached hydrogens (tertiary/aromatic N) is 12. The van der Waals surface area contributed by atoms with Crippen LogP contribution in [0.4, 0.5) is 17.1 Å². The molecule has 23 nitrogen and oxygen atoms in total. The van der Waals surface area contributed by atoms with E-state index < -0.39 is 0 Å². The number of hydrogen-bond donors (Lipinski definition) is 9. The molecule has 14 aromatic heterocycles. The first kappa shape index (κ1) is 54.5. The number of aromatic nitrogens is 18. The second-order valence-corrected chi connectivity index (χ2v) is 24.8. The summed E-state index contributed by atoms with van der Waals surface area (Å²) in [5, 5.41) is 39.5. The average molecular weight is 1270 g/mol. The van der Waals surface area contributed by atoms with Crippen LogP contribution in [0.15, 0.2) is 163 Å². The number of thiophene rings is 2. The average Bonchev–Trinajstić information content (AvgIpc) is 1.58. The Hall–Kier alpha value is -12.5. The van der Waals surface area contributed by atoms with Gasteiger partial charge in [-0.3, -0.25) is 54.8 Å². The Labute approximate surface area is 537 Å². The lowest BCUT2D eigenvalue weighted by Crippen LogP contribution is -2.13. The van der Waals surface area contributed by atoms with Crippen molar-refractivity contribution >= 4 is 117 Å². The molecule has 2 amide bonds. The van der Waals surface area contributed by atoms with Gasteiger partial charge in [0.1, 0.15) is 28.1 Å². The monoisotopic (exact) mass is 1270 g/mol. The summed E-state index contributed by atoms with van der Waals surface area (Å²) < 4.78 is 0. The Bertz CT molecular complexity index is 5900. The maximum absolute atomic E-state index is 12.9. The van der Waals surface area contributed by atoms with E-state index >= 15 is 0 Å². The van der Waals surface area contributed by atoms with E-state index in [1.165, 1.54) is 0 Å². The molecular weight excluding hydrogens is 1220 g/mol. The van der Waals surface area contributed by atoms with E-state index in [-0.39, 0.29) is 17.7 Å². The van der Waals surface area contributed by atoms with E-state index in [2.05, 4.69) is 113 Å². The van der Waals surface area contributed by atoms with Crippen molar-refractivity contribution in [1.29, 1.82) is 0 Å². The van der Waals surface area contributed by atoms with Gasteiger partial charge in [-0.1, -0.05) is 13.0 Å². The van der Waals surface area contributed by atoms with Crippen LogP contribution >= 0.6 is 22.7 Å². The first-order valence-electron chi connectivity index (χ1n) is 30.1. The highest BCUT2D eigenvalue weighted by Crippen LogP contribution is 2.46. The van der Waals surface area contributed by atoms with Crippen molar-refractivity contribution in [3.63, 3.8) is 0 Å². The van der Waals surface area contributed by atoms with Gasteiger partial charge in [0.2, 0.25) is 11.8 Å². The Morgan fingerprint density at radius 3 is 1.78 bits per heavy atom. The highest BCUT2D eigenvalue weighted by molar-refractivity contribution is 7.14. The maximum Gasteiger partial charge on any atom is 0.227 e. The number of aromatic amines is 6. The zero-order valence-electron chi connectivity index (χ0n) is 49.4. The van der Waals surface area contributed by atoms with Crippen LogP contribution in [0.25, 0.3) is 178 Å². The van der Waals surface area contributed by atoms with Gasteiger partial charge in [-0.15, -0.1) is 11.3 Å². The topological polar surface area (TPSA) is 334 Å². The minimum absolute atomic E-state index is 0.00524. The zero-order valence-corrected chi connectivity index (χ0v) is 51.0. The largest absolute Gasteiger partial charge is 0.397 e. The molecule has 0 unspecified atom stereocenters. The third kappa shape index (κ3) is 9.39. The number of fused-ring (bicyclic) bond motifs is 6. The number of nitrogens with one attached hydrogen (secondary N) is 8. The molecule has 17 aromatic rings. The Balaban J connectivity index is 0.736. The molecule has 0 radical (unpaired) electrons. The molecule has 94 heavy (non-hydrogen) atoms. The highest BCUT2D eigenvalue weighted by Gasteiger charge is 2.30. The molecule has 3 aromatic carbocycles. The fourth-order valence-electron chi connectivity index (χ4n) is 12.3. The van der Waals surface area contributed by atoms with Gasteiger partial charge in [0.05, 0.1) is 86.7 Å². The van der Waals surface area contributed by atoms with Crippen LogP contribution in [0.3, 0.4) is 0 Å². The lowest BCUT2D eigenvalue weighted by atomic mass is 9.93. The molecule has 1 aliphatic rings. The molecule has 0 spiro atoms. The first-order chi connectivity index (χ1) is 46.2. The molecule has 1 saturated carbocycles. The van der Waals surface area contributed by atoms with Gasteiger partial charge < -0.3 is 31.3 Å². The molecule has 0 aliphatic heterocycles. The van der Waals surface area contributed by atoms with Gasteiger partial charge in [-0.2, -0.15) is 26.6 Å². The molecular formula is C69H47N21O2S2. The summed E-state index contributed by atoms with van der Waals surface area (Å²) in [6.45, 7) is 1.81. The van der Waals surface area contributed by atoms with Crippen LogP contribution in [0, 0.1) is 5.92 Å². The predicted octanol–water partition coefficient (Wildman–Crippen LogP) is 14.4. The van der Waals surface area contributed by atoms with E-state index in [4.69, 9.17) is 45.9 Å². The number of carbonyl (C=O) groups is 2. The van der Waals surface area contributed by atoms with E-state index in [0.29, 0.717) is 74.6 Å². The number of pyridine rings is 6. The fourth-order valence-corrected chi connectivity index (χ4v) is 14.1. The molecule has 10 N–H and O–H groups in total. The van der Waals surface area contributed by atoms with Gasteiger partial charge >= 0.3 is 0 Å². The van der Waals surface area contributed by atoms with Crippen molar-refractivity contribution in [3.8, 4) is 112 Å². The first-order valence-corrected chi connectivity index (χ1v) is 31.9. The van der Waals surface area contributed by atoms with Crippen molar-refractivity contribution in [2.45, 2.75) is 26.2 Å². The van der Waals surface area contributed by atoms with Gasteiger partial charge in [0, 0.05) is 127 Å². The van der Waals surface area contributed by atoms with Crippen LogP contribution in [0.2, 0.25) is 0 Å². The van der Waals surface area contributed by atoms with Gasteiger partial charge in [-0.05, 0) is 118 Å². The molecule has 25 heteroatoms. The SMILES string of the molecule is CCC(=O)Nc1cncc(-c2cc(-c3cscc3-c3cncc4[nH]c(-c5n[nH]c6ccc(-c7cncc(N)c7)cc56)nc34)c3[nH]nc(-c4nc5c(-c6csc(-c7cc(-c8cncc(NC(=O)C9CC9)c8)cc8c(-c9nc%10ccncc%10[nH]9)n[nH]c78)c6)cncc5[nH]4)c3c2)c1. The van der Waals surface area contributed by atoms with Crippen molar-refractivity contribution in [3.05, 3.63) is 163 Å². The number of hydrogen-bond acceptors (Lipinski definition) is 17. The van der Waals surface area contributed by atoms with E-state index in [9.17, 15) is 9.59 Å². The predicted molar refractivity (Wildman–Crippen MR) is 366 cm³/mol. The normalized spacial score (nSPS) is 12.6.